The van der Waals surface area contributed by atoms with Gasteiger partial charge in [0.1, 0.15) is 0 Å². The van der Waals surface area contributed by atoms with E-state index in [9.17, 15) is 8.42 Å². The van der Waals surface area contributed by atoms with Gasteiger partial charge in [-0.05, 0) is 35.9 Å². The van der Waals surface area contributed by atoms with Crippen molar-refractivity contribution in [1.82, 2.24) is 0 Å². The lowest BCUT2D eigenvalue weighted by Crippen LogP contribution is -2.42. The van der Waals surface area contributed by atoms with Gasteiger partial charge in [0.15, 0.2) is 9.84 Å². The topological polar surface area (TPSA) is 34.1 Å². The van der Waals surface area contributed by atoms with E-state index in [0.29, 0.717) is 16.4 Å². The SMILES string of the molecule is C[Si](C)(C)[C@H]1[C@@H](S(=O)(=O)c2ccccc2)[C@H]2C=C[C@H]1C2. The molecule has 0 radical (unpaired) electrons. The van der Waals surface area contributed by atoms with Crippen LogP contribution in [-0.4, -0.2) is 21.7 Å². The fourth-order valence-corrected chi connectivity index (χ4v) is 10.7. The van der Waals surface area contributed by atoms with Gasteiger partial charge in [-0.3, -0.25) is 0 Å². The molecule has 4 heteroatoms. The highest BCUT2D eigenvalue weighted by molar-refractivity contribution is 7.92. The molecular weight excluding hydrogens is 284 g/mol. The van der Waals surface area contributed by atoms with E-state index in [1.54, 1.807) is 12.1 Å². The molecule has 1 fully saturated rings. The number of rotatable bonds is 3. The Hall–Kier alpha value is -0.873. The van der Waals surface area contributed by atoms with Crippen LogP contribution in [0.25, 0.3) is 0 Å². The minimum absolute atomic E-state index is 0.202. The Bertz CT molecular complexity index is 628. The largest absolute Gasteiger partial charge is 0.223 e. The lowest BCUT2D eigenvalue weighted by Gasteiger charge is -2.36. The molecule has 2 nitrogen and oxygen atoms in total. The van der Waals surface area contributed by atoms with E-state index in [1.807, 2.05) is 18.2 Å². The highest BCUT2D eigenvalue weighted by Gasteiger charge is 2.55. The van der Waals surface area contributed by atoms with Crippen LogP contribution in [0.4, 0.5) is 0 Å². The summed E-state index contributed by atoms with van der Waals surface area (Å²) in [6.45, 7) is 6.92. The Labute approximate surface area is 122 Å². The van der Waals surface area contributed by atoms with Crippen molar-refractivity contribution in [2.45, 2.75) is 41.7 Å². The summed E-state index contributed by atoms with van der Waals surface area (Å²) < 4.78 is 26.1. The van der Waals surface area contributed by atoms with Gasteiger partial charge in [0.25, 0.3) is 0 Å². The Morgan fingerprint density at radius 3 is 2.20 bits per heavy atom. The van der Waals surface area contributed by atoms with Crippen LogP contribution in [0.5, 0.6) is 0 Å². The van der Waals surface area contributed by atoms with Gasteiger partial charge >= 0.3 is 0 Å². The molecule has 20 heavy (non-hydrogen) atoms. The maximum Gasteiger partial charge on any atom is 0.181 e. The average Bonchev–Trinajstić information content (AvgIpc) is 2.99. The van der Waals surface area contributed by atoms with Crippen molar-refractivity contribution >= 4 is 17.9 Å². The molecule has 1 aromatic rings. The third kappa shape index (κ3) is 2.09. The third-order valence-corrected chi connectivity index (χ3v) is 10.1. The molecule has 2 aliphatic rings. The van der Waals surface area contributed by atoms with Crippen molar-refractivity contribution in [2.75, 3.05) is 0 Å². The van der Waals surface area contributed by atoms with Crippen LogP contribution in [0.3, 0.4) is 0 Å². The summed E-state index contributed by atoms with van der Waals surface area (Å²) in [5, 5.41) is -0.202. The fraction of sp³-hybridized carbons (Fsp3) is 0.500. The second kappa shape index (κ2) is 4.57. The van der Waals surface area contributed by atoms with Crippen molar-refractivity contribution in [2.24, 2.45) is 11.8 Å². The molecule has 4 atom stereocenters. The van der Waals surface area contributed by atoms with E-state index in [4.69, 9.17) is 0 Å². The maximum absolute atomic E-state index is 13.1. The molecule has 0 amide bonds. The first-order valence-electron chi connectivity index (χ1n) is 7.29. The smallest absolute Gasteiger partial charge is 0.181 e. The Balaban J connectivity index is 2.07. The zero-order valence-electron chi connectivity index (χ0n) is 12.3. The van der Waals surface area contributed by atoms with E-state index >= 15 is 0 Å². The Kier molecular flexibility index (Phi) is 3.21. The van der Waals surface area contributed by atoms with Gasteiger partial charge in [-0.1, -0.05) is 50.0 Å². The third-order valence-electron chi connectivity index (χ3n) is 4.82. The zero-order valence-corrected chi connectivity index (χ0v) is 14.1. The highest BCUT2D eigenvalue weighted by Crippen LogP contribution is 2.55. The van der Waals surface area contributed by atoms with Gasteiger partial charge < -0.3 is 0 Å². The zero-order chi connectivity index (χ0) is 14.5. The number of hydrogen-bond donors (Lipinski definition) is 0. The lowest BCUT2D eigenvalue weighted by atomic mass is 10.1. The fourth-order valence-electron chi connectivity index (χ4n) is 4.10. The van der Waals surface area contributed by atoms with Crippen LogP contribution in [0.15, 0.2) is 47.4 Å². The summed E-state index contributed by atoms with van der Waals surface area (Å²) in [6.07, 6.45) is 5.45. The standard InChI is InChI=1S/C16H22O2SSi/c1-20(2,3)16-13-10-9-12(11-13)15(16)19(17,18)14-7-5-4-6-8-14/h4-10,12-13,15-16H,11H2,1-3H3/t12-,13-,15-,16+/m0/s1. The predicted molar refractivity (Wildman–Crippen MR) is 85.2 cm³/mol. The van der Waals surface area contributed by atoms with Crippen LogP contribution in [0.1, 0.15) is 6.42 Å². The van der Waals surface area contributed by atoms with Gasteiger partial charge in [-0.2, -0.15) is 0 Å². The van der Waals surface area contributed by atoms with Crippen molar-refractivity contribution in [3.8, 4) is 0 Å². The highest BCUT2D eigenvalue weighted by atomic mass is 32.2. The van der Waals surface area contributed by atoms with E-state index in [1.165, 1.54) is 0 Å². The van der Waals surface area contributed by atoms with Crippen molar-refractivity contribution in [3.05, 3.63) is 42.5 Å². The molecule has 108 valence electrons. The molecule has 0 aromatic heterocycles. The molecule has 2 aliphatic carbocycles. The first-order valence-corrected chi connectivity index (χ1v) is 12.4. The van der Waals surface area contributed by atoms with Crippen molar-refractivity contribution < 1.29 is 8.42 Å². The summed E-state index contributed by atoms with van der Waals surface area (Å²) in [7, 11) is -4.73. The summed E-state index contributed by atoms with van der Waals surface area (Å²) in [6, 6.07) is 8.99. The summed E-state index contributed by atoms with van der Waals surface area (Å²) in [4.78, 5) is 0.495. The molecule has 0 spiro atoms. The van der Waals surface area contributed by atoms with Gasteiger partial charge in [0, 0.05) is 8.07 Å². The van der Waals surface area contributed by atoms with E-state index in [2.05, 4.69) is 31.8 Å². The minimum Gasteiger partial charge on any atom is -0.223 e. The van der Waals surface area contributed by atoms with E-state index < -0.39 is 17.9 Å². The van der Waals surface area contributed by atoms with Crippen molar-refractivity contribution in [1.29, 1.82) is 0 Å². The number of fused-ring (bicyclic) bond motifs is 2. The number of hydrogen-bond acceptors (Lipinski definition) is 2. The second-order valence-corrected chi connectivity index (χ2v) is 14.7. The molecule has 0 heterocycles. The minimum atomic E-state index is -3.22. The molecule has 1 saturated carbocycles. The molecule has 0 aliphatic heterocycles. The molecule has 2 bridgehead atoms. The summed E-state index contributed by atoms with van der Waals surface area (Å²) in [5.41, 5.74) is 0.350. The maximum atomic E-state index is 13.1. The van der Waals surface area contributed by atoms with Crippen LogP contribution in [0, 0.1) is 11.8 Å². The average molecular weight is 307 g/mol. The van der Waals surface area contributed by atoms with Gasteiger partial charge in [0.2, 0.25) is 0 Å². The summed E-state index contributed by atoms with van der Waals surface area (Å²) in [5.74, 6) is 0.706. The normalized spacial score (nSPS) is 32.8. The van der Waals surface area contributed by atoms with Gasteiger partial charge in [-0.15, -0.1) is 0 Å². The number of benzene rings is 1. The number of sulfone groups is 1. The molecule has 0 N–H and O–H groups in total. The van der Waals surface area contributed by atoms with Gasteiger partial charge in [-0.25, -0.2) is 8.42 Å². The van der Waals surface area contributed by atoms with Crippen molar-refractivity contribution in [3.63, 3.8) is 0 Å². The second-order valence-electron chi connectivity index (χ2n) is 7.16. The lowest BCUT2D eigenvalue weighted by molar-refractivity contribution is 0.558. The molecule has 3 rings (SSSR count). The first-order chi connectivity index (χ1) is 9.32. The summed E-state index contributed by atoms with van der Waals surface area (Å²) >= 11 is 0. The van der Waals surface area contributed by atoms with Crippen LogP contribution >= 0.6 is 0 Å². The molecule has 0 saturated heterocycles. The first kappa shape index (κ1) is 14.1. The monoisotopic (exact) mass is 306 g/mol. The van der Waals surface area contributed by atoms with Gasteiger partial charge in [0.05, 0.1) is 10.1 Å². The predicted octanol–water partition coefficient (Wildman–Crippen LogP) is 3.74. The molecular formula is C16H22O2SSi. The van der Waals surface area contributed by atoms with Crippen LogP contribution in [-0.2, 0) is 9.84 Å². The number of allylic oxidation sites excluding steroid dienone is 2. The van der Waals surface area contributed by atoms with E-state index in [0.717, 1.165) is 6.42 Å². The Morgan fingerprint density at radius 2 is 1.60 bits per heavy atom. The van der Waals surface area contributed by atoms with Crippen LogP contribution in [0.2, 0.25) is 25.2 Å². The molecule has 1 aromatic carbocycles. The molecule has 0 unspecified atom stereocenters. The quantitative estimate of drug-likeness (QED) is 0.629. The van der Waals surface area contributed by atoms with Crippen LogP contribution < -0.4 is 0 Å². The van der Waals surface area contributed by atoms with E-state index in [-0.39, 0.29) is 11.2 Å². The Morgan fingerprint density at radius 1 is 1.00 bits per heavy atom.